The number of hydrogen-bond donors (Lipinski definition) is 0. The van der Waals surface area contributed by atoms with Gasteiger partial charge in [0.05, 0.1) is 47.0 Å². The zero-order valence-corrected chi connectivity index (χ0v) is 22.1. The Morgan fingerprint density at radius 2 is 1.50 bits per heavy atom. The predicted molar refractivity (Wildman–Crippen MR) is 136 cm³/mol. The molecular weight excluding hydrogens is 464 g/mol. The molecule has 0 saturated heterocycles. The van der Waals surface area contributed by atoms with Crippen LogP contribution in [0.15, 0.2) is 30.3 Å². The van der Waals surface area contributed by atoms with Crippen molar-refractivity contribution in [3.05, 3.63) is 51.6 Å². The summed E-state index contributed by atoms with van der Waals surface area (Å²) in [5, 5.41) is 22.2. The van der Waals surface area contributed by atoms with E-state index in [2.05, 4.69) is 6.07 Å². The third kappa shape index (κ3) is 6.11. The van der Waals surface area contributed by atoms with Crippen molar-refractivity contribution in [1.82, 2.24) is 0 Å². The van der Waals surface area contributed by atoms with Crippen molar-refractivity contribution >= 4 is 0 Å². The first-order valence-electron chi connectivity index (χ1n) is 11.8. The van der Waals surface area contributed by atoms with Crippen molar-refractivity contribution in [1.29, 1.82) is 5.26 Å². The van der Waals surface area contributed by atoms with E-state index in [9.17, 15) is 15.4 Å². The largest absolute Gasteiger partial charge is 0.493 e. The smallest absolute Gasteiger partial charge is 0.217 e. The van der Waals surface area contributed by atoms with Crippen molar-refractivity contribution in [2.75, 3.05) is 35.5 Å². The van der Waals surface area contributed by atoms with Gasteiger partial charge in [-0.1, -0.05) is 19.9 Å². The molecule has 9 heteroatoms. The molecule has 0 spiro atoms. The van der Waals surface area contributed by atoms with Crippen LogP contribution in [-0.4, -0.2) is 46.5 Å². The van der Waals surface area contributed by atoms with E-state index in [0.29, 0.717) is 48.0 Å². The molecule has 0 N–H and O–H groups in total. The lowest BCUT2D eigenvalue weighted by Gasteiger charge is -2.32. The summed E-state index contributed by atoms with van der Waals surface area (Å²) in [5.74, 6) is 2.41. The molecule has 196 valence electrons. The van der Waals surface area contributed by atoms with Crippen LogP contribution in [0.5, 0.6) is 28.7 Å². The van der Waals surface area contributed by atoms with Gasteiger partial charge in [0.25, 0.3) is 0 Å². The van der Waals surface area contributed by atoms with Crippen LogP contribution in [0.4, 0.5) is 0 Å². The van der Waals surface area contributed by atoms with Gasteiger partial charge < -0.3 is 23.7 Å². The molecule has 36 heavy (non-hydrogen) atoms. The summed E-state index contributed by atoms with van der Waals surface area (Å²) in [5.41, 5.74) is 0.624. The maximum atomic E-state index is 11.9. The van der Waals surface area contributed by atoms with E-state index in [-0.39, 0.29) is 17.3 Å². The average molecular weight is 501 g/mol. The lowest BCUT2D eigenvalue weighted by atomic mass is 9.69. The quantitative estimate of drug-likeness (QED) is 0.257. The fourth-order valence-corrected chi connectivity index (χ4v) is 4.53. The second-order valence-corrected chi connectivity index (χ2v) is 8.88. The predicted octanol–water partition coefficient (Wildman–Crippen LogP) is 5.21. The Labute approximate surface area is 213 Å². The molecule has 2 atom stereocenters. The topological polar surface area (TPSA) is 113 Å². The average Bonchev–Trinajstić information content (AvgIpc) is 2.89. The van der Waals surface area contributed by atoms with Gasteiger partial charge in [-0.25, -0.2) is 0 Å². The SMILES string of the molecule is COc1ccc(CC(CCCC(C#N)(c2cc(OC)c(OC)c(OC)c2)C(C)C)[N+](=O)[O-])cc1OC. The van der Waals surface area contributed by atoms with Crippen molar-refractivity contribution in [3.8, 4) is 34.8 Å². The minimum absolute atomic E-state index is 0.0646. The van der Waals surface area contributed by atoms with Gasteiger partial charge >= 0.3 is 0 Å². The third-order valence-corrected chi connectivity index (χ3v) is 6.69. The molecule has 2 unspecified atom stereocenters. The van der Waals surface area contributed by atoms with E-state index in [1.165, 1.54) is 28.4 Å². The van der Waals surface area contributed by atoms with Gasteiger partial charge in [0, 0.05) is 17.8 Å². The van der Waals surface area contributed by atoms with Gasteiger partial charge in [0.1, 0.15) is 0 Å². The van der Waals surface area contributed by atoms with Gasteiger partial charge in [-0.2, -0.15) is 5.26 Å². The van der Waals surface area contributed by atoms with Crippen LogP contribution in [0.2, 0.25) is 0 Å². The Bertz CT molecular complexity index is 1060. The van der Waals surface area contributed by atoms with E-state index < -0.39 is 11.5 Å². The van der Waals surface area contributed by atoms with Crippen LogP contribution in [0.1, 0.15) is 44.2 Å². The molecule has 0 radical (unpaired) electrons. The first kappa shape index (κ1) is 28.6. The first-order chi connectivity index (χ1) is 17.2. The zero-order chi connectivity index (χ0) is 26.9. The van der Waals surface area contributed by atoms with E-state index in [1.54, 1.807) is 37.4 Å². The summed E-state index contributed by atoms with van der Waals surface area (Å²) in [6.07, 6.45) is 1.50. The van der Waals surface area contributed by atoms with Crippen molar-refractivity contribution in [2.45, 2.75) is 51.0 Å². The maximum Gasteiger partial charge on any atom is 0.217 e. The molecular formula is C27H36N2O7. The van der Waals surface area contributed by atoms with Gasteiger partial charge in [-0.05, 0) is 54.2 Å². The maximum absolute atomic E-state index is 11.9. The van der Waals surface area contributed by atoms with Crippen LogP contribution in [0.25, 0.3) is 0 Å². The highest BCUT2D eigenvalue weighted by molar-refractivity contribution is 5.56. The second kappa shape index (κ2) is 12.9. The number of benzene rings is 2. The lowest BCUT2D eigenvalue weighted by Crippen LogP contribution is -2.32. The van der Waals surface area contributed by atoms with Gasteiger partial charge in [-0.3, -0.25) is 10.1 Å². The molecule has 0 amide bonds. The highest BCUT2D eigenvalue weighted by atomic mass is 16.6. The molecule has 0 aromatic heterocycles. The molecule has 0 aliphatic carbocycles. The van der Waals surface area contributed by atoms with E-state index >= 15 is 0 Å². The summed E-state index contributed by atoms with van der Waals surface area (Å²) >= 11 is 0. The fraction of sp³-hybridized carbons (Fsp3) is 0.519. The number of nitriles is 1. The van der Waals surface area contributed by atoms with Crippen LogP contribution in [0.3, 0.4) is 0 Å². The Morgan fingerprint density at radius 3 is 1.94 bits per heavy atom. The van der Waals surface area contributed by atoms with Crippen molar-refractivity contribution in [3.63, 3.8) is 0 Å². The fourth-order valence-electron chi connectivity index (χ4n) is 4.53. The summed E-state index contributed by atoms with van der Waals surface area (Å²) in [4.78, 5) is 11.6. The second-order valence-electron chi connectivity index (χ2n) is 8.88. The van der Waals surface area contributed by atoms with E-state index in [1.807, 2.05) is 13.8 Å². The summed E-state index contributed by atoms with van der Waals surface area (Å²) in [7, 11) is 7.65. The van der Waals surface area contributed by atoms with E-state index in [4.69, 9.17) is 23.7 Å². The van der Waals surface area contributed by atoms with Crippen LogP contribution < -0.4 is 23.7 Å². The Balaban J connectivity index is 2.30. The van der Waals surface area contributed by atoms with Crippen molar-refractivity contribution < 1.29 is 28.6 Å². The molecule has 2 aromatic carbocycles. The number of hydrogen-bond acceptors (Lipinski definition) is 8. The summed E-state index contributed by atoms with van der Waals surface area (Å²) in [6.45, 7) is 3.95. The van der Waals surface area contributed by atoms with Crippen LogP contribution in [0, 0.1) is 27.4 Å². The Kier molecular flexibility index (Phi) is 10.2. The number of rotatable bonds is 14. The lowest BCUT2D eigenvalue weighted by molar-refractivity contribution is -0.523. The highest BCUT2D eigenvalue weighted by Crippen LogP contribution is 2.45. The normalized spacial score (nSPS) is 13.3. The van der Waals surface area contributed by atoms with Crippen molar-refractivity contribution in [2.24, 2.45) is 5.92 Å². The first-order valence-corrected chi connectivity index (χ1v) is 11.8. The van der Waals surface area contributed by atoms with Gasteiger partial charge in [0.15, 0.2) is 23.0 Å². The third-order valence-electron chi connectivity index (χ3n) is 6.69. The molecule has 0 heterocycles. The minimum Gasteiger partial charge on any atom is -0.493 e. The zero-order valence-electron chi connectivity index (χ0n) is 22.1. The summed E-state index contributed by atoms with van der Waals surface area (Å²) in [6, 6.07) is 10.6. The van der Waals surface area contributed by atoms with E-state index in [0.717, 1.165) is 11.1 Å². The number of ether oxygens (including phenoxy) is 5. The van der Waals surface area contributed by atoms with Crippen LogP contribution in [-0.2, 0) is 11.8 Å². The number of methoxy groups -OCH3 is 5. The molecule has 0 saturated carbocycles. The molecule has 0 bridgehead atoms. The standard InChI is InChI=1S/C27H36N2O7/c1-18(2)27(17-28,20-15-24(34-5)26(36-7)25(16-20)35-6)12-8-9-21(29(30)31)13-19-10-11-22(32-3)23(14-19)33-4/h10-11,14-16,18,21H,8-9,12-13H2,1-7H3. The molecule has 2 rings (SSSR count). The van der Waals surface area contributed by atoms with Gasteiger partial charge in [0.2, 0.25) is 11.8 Å². The molecule has 0 aliphatic heterocycles. The Morgan fingerprint density at radius 1 is 0.917 bits per heavy atom. The summed E-state index contributed by atoms with van der Waals surface area (Å²) < 4.78 is 27.0. The van der Waals surface area contributed by atoms with Crippen LogP contribution >= 0.6 is 0 Å². The number of nitro groups is 1. The monoisotopic (exact) mass is 500 g/mol. The highest BCUT2D eigenvalue weighted by Gasteiger charge is 2.38. The molecule has 0 aliphatic rings. The molecule has 0 fully saturated rings. The minimum atomic E-state index is -0.892. The Hall–Kier alpha value is -3.67. The van der Waals surface area contributed by atoms with Gasteiger partial charge in [-0.15, -0.1) is 0 Å². The number of nitrogens with zero attached hydrogens (tertiary/aromatic N) is 2. The molecule has 2 aromatic rings. The molecule has 9 nitrogen and oxygen atoms in total.